The lowest BCUT2D eigenvalue weighted by Crippen LogP contribution is -2.56. The molecule has 3 rings (SSSR count). The minimum Gasteiger partial charge on any atom is -0.234 e. The Balaban J connectivity index is 1.91. The van der Waals surface area contributed by atoms with Crippen molar-refractivity contribution in [3.05, 3.63) is 46.9 Å². The van der Waals surface area contributed by atoms with Gasteiger partial charge >= 0.3 is 0 Å². The SMILES string of the molecule is CS(=O)(=O)C1CN(S(=O)(=O)c2ccc(-c3ccc(F)c(C#N)n3)c(Cl)c2)C1. The first-order valence-corrected chi connectivity index (χ1v) is 11.4. The molecule has 27 heavy (non-hydrogen) atoms. The van der Waals surface area contributed by atoms with Crippen LogP contribution in [0.25, 0.3) is 11.3 Å². The van der Waals surface area contributed by atoms with Crippen LogP contribution in [0.2, 0.25) is 5.02 Å². The normalized spacial score (nSPS) is 15.9. The Morgan fingerprint density at radius 1 is 1.22 bits per heavy atom. The number of sulfone groups is 1. The summed E-state index contributed by atoms with van der Waals surface area (Å²) in [4.78, 5) is 3.77. The molecule has 0 unspecified atom stereocenters. The molecule has 1 aromatic heterocycles. The predicted molar refractivity (Wildman–Crippen MR) is 96.7 cm³/mol. The maximum Gasteiger partial charge on any atom is 0.243 e. The molecule has 0 amide bonds. The van der Waals surface area contributed by atoms with E-state index in [1.54, 1.807) is 6.07 Å². The molecular formula is C16H13ClFN3O4S2. The van der Waals surface area contributed by atoms with Gasteiger partial charge in [0.05, 0.1) is 20.9 Å². The zero-order valence-corrected chi connectivity index (χ0v) is 16.3. The van der Waals surface area contributed by atoms with Crippen molar-refractivity contribution < 1.29 is 21.2 Å². The van der Waals surface area contributed by atoms with Crippen LogP contribution in [0.15, 0.2) is 35.2 Å². The Morgan fingerprint density at radius 2 is 1.89 bits per heavy atom. The number of rotatable bonds is 4. The van der Waals surface area contributed by atoms with E-state index < -0.39 is 36.6 Å². The van der Waals surface area contributed by atoms with Crippen molar-refractivity contribution in [1.82, 2.24) is 9.29 Å². The van der Waals surface area contributed by atoms with Crippen LogP contribution in [0, 0.1) is 17.1 Å². The molecule has 0 N–H and O–H groups in total. The molecule has 2 heterocycles. The summed E-state index contributed by atoms with van der Waals surface area (Å²) >= 11 is 6.18. The van der Waals surface area contributed by atoms with Crippen LogP contribution in [-0.2, 0) is 19.9 Å². The summed E-state index contributed by atoms with van der Waals surface area (Å²) in [5.74, 6) is -0.769. The van der Waals surface area contributed by atoms with Gasteiger partial charge in [-0.2, -0.15) is 9.57 Å². The minimum absolute atomic E-state index is 0.0549. The molecule has 1 aliphatic heterocycles. The smallest absolute Gasteiger partial charge is 0.234 e. The van der Waals surface area contributed by atoms with Gasteiger partial charge in [-0.1, -0.05) is 11.6 Å². The van der Waals surface area contributed by atoms with Crippen molar-refractivity contribution in [2.24, 2.45) is 0 Å². The summed E-state index contributed by atoms with van der Waals surface area (Å²) in [5.41, 5.74) is 0.167. The molecule has 0 saturated carbocycles. The predicted octanol–water partition coefficient (Wildman–Crippen LogP) is 1.83. The van der Waals surface area contributed by atoms with E-state index in [0.717, 1.165) is 16.6 Å². The number of pyridine rings is 1. The van der Waals surface area contributed by atoms with Crippen molar-refractivity contribution in [2.75, 3.05) is 19.3 Å². The standard InChI is InChI=1S/C16H13ClFN3O4S2/c1-26(22,23)11-8-21(9-11)27(24,25)10-2-3-12(13(17)6-10)15-5-4-14(18)16(7-19)20-15/h2-6,11H,8-9H2,1H3. The van der Waals surface area contributed by atoms with Crippen LogP contribution >= 0.6 is 11.6 Å². The molecule has 0 spiro atoms. The Labute approximate surface area is 161 Å². The molecule has 1 aliphatic rings. The third-order valence-electron chi connectivity index (χ3n) is 4.23. The van der Waals surface area contributed by atoms with Crippen molar-refractivity contribution in [2.45, 2.75) is 10.1 Å². The second-order valence-corrected chi connectivity index (χ2v) is 10.7. The second kappa shape index (κ2) is 6.83. The third-order valence-corrected chi connectivity index (χ3v) is 7.88. The number of hydrogen-bond acceptors (Lipinski definition) is 6. The molecule has 11 heteroatoms. The van der Waals surface area contributed by atoms with Crippen LogP contribution in [0.4, 0.5) is 4.39 Å². The van der Waals surface area contributed by atoms with E-state index >= 15 is 0 Å². The lowest BCUT2D eigenvalue weighted by molar-refractivity contribution is 0.310. The molecule has 1 fully saturated rings. The maximum absolute atomic E-state index is 13.4. The first kappa shape index (κ1) is 19.7. The highest BCUT2D eigenvalue weighted by Crippen LogP contribution is 2.32. The fraction of sp³-hybridized carbons (Fsp3) is 0.250. The molecule has 0 radical (unpaired) electrons. The van der Waals surface area contributed by atoms with Crippen molar-refractivity contribution in [3.8, 4) is 17.3 Å². The third kappa shape index (κ3) is 3.68. The Morgan fingerprint density at radius 3 is 2.44 bits per heavy atom. The number of benzene rings is 1. The monoisotopic (exact) mass is 429 g/mol. The summed E-state index contributed by atoms with van der Waals surface area (Å²) in [7, 11) is -7.18. The van der Waals surface area contributed by atoms with Gasteiger partial charge in [0.25, 0.3) is 0 Å². The fourth-order valence-corrected chi connectivity index (χ4v) is 5.54. The first-order valence-electron chi connectivity index (χ1n) is 7.59. The lowest BCUT2D eigenvalue weighted by atomic mass is 10.1. The van der Waals surface area contributed by atoms with Gasteiger partial charge in [-0.3, -0.25) is 0 Å². The summed E-state index contributed by atoms with van der Waals surface area (Å²) < 4.78 is 62.6. The largest absolute Gasteiger partial charge is 0.243 e. The van der Waals surface area contributed by atoms with E-state index in [0.29, 0.717) is 5.56 Å². The molecule has 2 aromatic rings. The van der Waals surface area contributed by atoms with Crippen LogP contribution in [0.5, 0.6) is 0 Å². The first-order chi connectivity index (χ1) is 12.5. The number of halogens is 2. The van der Waals surface area contributed by atoms with Gasteiger partial charge in [-0.25, -0.2) is 26.2 Å². The minimum atomic E-state index is -3.88. The van der Waals surface area contributed by atoms with Gasteiger partial charge in [0.1, 0.15) is 6.07 Å². The van der Waals surface area contributed by atoms with Crippen LogP contribution in [0.3, 0.4) is 0 Å². The maximum atomic E-state index is 13.4. The average Bonchev–Trinajstić information content (AvgIpc) is 2.52. The van der Waals surface area contributed by atoms with Gasteiger partial charge < -0.3 is 0 Å². The van der Waals surface area contributed by atoms with Crippen LogP contribution < -0.4 is 0 Å². The van der Waals surface area contributed by atoms with Crippen molar-refractivity contribution >= 4 is 31.5 Å². The number of aromatic nitrogens is 1. The number of hydrogen-bond donors (Lipinski definition) is 0. The molecule has 142 valence electrons. The van der Waals surface area contributed by atoms with Gasteiger partial charge in [-0.05, 0) is 30.3 Å². The molecule has 1 aromatic carbocycles. The zero-order valence-electron chi connectivity index (χ0n) is 13.9. The Bertz CT molecular complexity index is 1170. The average molecular weight is 430 g/mol. The van der Waals surface area contributed by atoms with E-state index in [1.165, 1.54) is 24.3 Å². The molecule has 0 atom stereocenters. The van der Waals surface area contributed by atoms with E-state index in [-0.39, 0.29) is 28.7 Å². The highest BCUT2D eigenvalue weighted by Gasteiger charge is 2.41. The van der Waals surface area contributed by atoms with E-state index in [9.17, 15) is 21.2 Å². The van der Waals surface area contributed by atoms with E-state index in [1.807, 2.05) is 0 Å². The Kier molecular flexibility index (Phi) is 4.98. The van der Waals surface area contributed by atoms with Gasteiger partial charge in [0, 0.05) is 24.9 Å². The van der Waals surface area contributed by atoms with E-state index in [2.05, 4.69) is 4.98 Å². The van der Waals surface area contributed by atoms with Crippen LogP contribution in [-0.4, -0.2) is 50.7 Å². The van der Waals surface area contributed by atoms with Gasteiger partial charge in [0.15, 0.2) is 21.3 Å². The molecule has 1 saturated heterocycles. The topological polar surface area (TPSA) is 108 Å². The summed E-state index contributed by atoms with van der Waals surface area (Å²) in [5, 5.41) is 8.21. The fourth-order valence-electron chi connectivity index (χ4n) is 2.55. The number of nitriles is 1. The number of nitrogens with zero attached hydrogens (tertiary/aromatic N) is 3. The summed E-state index contributed by atoms with van der Waals surface area (Å²) in [6.07, 6.45) is 1.07. The quantitative estimate of drug-likeness (QED) is 0.733. The molecule has 0 bridgehead atoms. The van der Waals surface area contributed by atoms with Crippen molar-refractivity contribution in [3.63, 3.8) is 0 Å². The zero-order chi connectivity index (χ0) is 20.0. The molecule has 0 aliphatic carbocycles. The summed E-state index contributed by atoms with van der Waals surface area (Å²) in [6, 6.07) is 7.97. The molecule has 7 nitrogen and oxygen atoms in total. The second-order valence-electron chi connectivity index (χ2n) is 6.05. The highest BCUT2D eigenvalue weighted by atomic mass is 35.5. The highest BCUT2D eigenvalue weighted by molar-refractivity contribution is 7.92. The van der Waals surface area contributed by atoms with Crippen molar-refractivity contribution in [1.29, 1.82) is 5.26 Å². The molecular weight excluding hydrogens is 417 g/mol. The van der Waals surface area contributed by atoms with Gasteiger partial charge in [-0.15, -0.1) is 0 Å². The van der Waals surface area contributed by atoms with E-state index in [4.69, 9.17) is 16.9 Å². The van der Waals surface area contributed by atoms with Crippen LogP contribution in [0.1, 0.15) is 5.69 Å². The van der Waals surface area contributed by atoms with Gasteiger partial charge in [0.2, 0.25) is 10.0 Å². The lowest BCUT2D eigenvalue weighted by Gasteiger charge is -2.36. The Hall–Kier alpha value is -2.06. The number of sulfonamides is 1. The summed E-state index contributed by atoms with van der Waals surface area (Å²) in [6.45, 7) is -0.211.